The smallest absolute Gasteiger partial charge is 0.0294 e. The van der Waals surface area contributed by atoms with Crippen LogP contribution in [0.3, 0.4) is 0 Å². The first-order valence-electron chi connectivity index (χ1n) is 9.38. The Balaban J connectivity index is 1.35. The van der Waals surface area contributed by atoms with Gasteiger partial charge < -0.3 is 10.2 Å². The number of piperidine rings is 1. The Morgan fingerprint density at radius 3 is 2.25 bits per heavy atom. The molecule has 0 saturated carbocycles. The Morgan fingerprint density at radius 2 is 1.58 bits per heavy atom. The van der Waals surface area contributed by atoms with Crippen LogP contribution in [0, 0.1) is 0 Å². The van der Waals surface area contributed by atoms with E-state index in [1.165, 1.54) is 56.4 Å². The van der Waals surface area contributed by atoms with E-state index in [-0.39, 0.29) is 0 Å². The normalized spacial score (nSPS) is 17.7. The average Bonchev–Trinajstić information content (AvgIpc) is 2.65. The fourth-order valence-electron chi connectivity index (χ4n) is 3.67. The summed E-state index contributed by atoms with van der Waals surface area (Å²) in [5, 5.41) is 3.81. The highest BCUT2D eigenvalue weighted by Gasteiger charge is 2.20. The lowest BCUT2D eigenvalue weighted by Gasteiger charge is -2.34. The Morgan fingerprint density at radius 1 is 0.958 bits per heavy atom. The number of aryl methyl sites for hydroxylation is 1. The summed E-state index contributed by atoms with van der Waals surface area (Å²) in [5.74, 6) is 0. The lowest BCUT2D eigenvalue weighted by molar-refractivity contribution is 0.190. The molecule has 1 heterocycles. The summed E-state index contributed by atoms with van der Waals surface area (Å²) in [7, 11) is 0. The fourth-order valence-corrected chi connectivity index (χ4v) is 3.67. The predicted octanol–water partition coefficient (Wildman–Crippen LogP) is 4.43. The van der Waals surface area contributed by atoms with E-state index in [0.717, 1.165) is 0 Å². The maximum atomic E-state index is 3.81. The molecule has 1 aliphatic heterocycles. The topological polar surface area (TPSA) is 15.3 Å². The summed E-state index contributed by atoms with van der Waals surface area (Å²) in [6, 6.07) is 22.7. The molecule has 1 aliphatic rings. The Hall–Kier alpha value is -1.64. The van der Waals surface area contributed by atoms with E-state index in [1.807, 2.05) is 0 Å². The molecule has 0 spiro atoms. The molecule has 0 aromatic heterocycles. The van der Waals surface area contributed by atoms with Crippen molar-refractivity contribution in [3.63, 3.8) is 0 Å². The molecular formula is C22H30N2. The molecule has 1 atom stereocenters. The quantitative estimate of drug-likeness (QED) is 0.811. The van der Waals surface area contributed by atoms with Crippen molar-refractivity contribution >= 4 is 0 Å². The van der Waals surface area contributed by atoms with Crippen LogP contribution in [-0.4, -0.2) is 30.6 Å². The zero-order valence-corrected chi connectivity index (χ0v) is 14.8. The molecule has 2 aromatic carbocycles. The van der Waals surface area contributed by atoms with Crippen LogP contribution >= 0.6 is 0 Å². The van der Waals surface area contributed by atoms with Crippen molar-refractivity contribution in [1.29, 1.82) is 0 Å². The second kappa shape index (κ2) is 9.00. The Bertz CT molecular complexity index is 573. The molecule has 0 amide bonds. The number of nitrogens with one attached hydrogen (secondary N) is 1. The molecule has 2 heteroatoms. The zero-order valence-electron chi connectivity index (χ0n) is 14.8. The first-order chi connectivity index (χ1) is 11.8. The zero-order chi connectivity index (χ0) is 16.6. The third-order valence-corrected chi connectivity index (χ3v) is 5.16. The van der Waals surface area contributed by atoms with E-state index >= 15 is 0 Å². The second-order valence-corrected chi connectivity index (χ2v) is 7.00. The number of likely N-dealkylation sites (tertiary alicyclic amines) is 1. The van der Waals surface area contributed by atoms with Gasteiger partial charge in [0.15, 0.2) is 0 Å². The van der Waals surface area contributed by atoms with Gasteiger partial charge in [-0.25, -0.2) is 0 Å². The first-order valence-corrected chi connectivity index (χ1v) is 9.38. The minimum Gasteiger partial charge on any atom is -0.307 e. The van der Waals surface area contributed by atoms with Crippen LogP contribution in [0.2, 0.25) is 0 Å². The summed E-state index contributed by atoms with van der Waals surface area (Å²) in [4.78, 5) is 2.63. The lowest BCUT2D eigenvalue weighted by atomic mass is 10.0. The van der Waals surface area contributed by atoms with Crippen molar-refractivity contribution in [2.24, 2.45) is 0 Å². The van der Waals surface area contributed by atoms with Crippen molar-refractivity contribution in [3.05, 3.63) is 71.8 Å². The summed E-state index contributed by atoms with van der Waals surface area (Å²) < 4.78 is 0. The molecule has 128 valence electrons. The van der Waals surface area contributed by atoms with Gasteiger partial charge in [-0.05, 0) is 63.4 Å². The highest BCUT2D eigenvalue weighted by atomic mass is 15.1. The van der Waals surface area contributed by atoms with E-state index in [4.69, 9.17) is 0 Å². The molecule has 0 aliphatic carbocycles. The highest BCUT2D eigenvalue weighted by molar-refractivity contribution is 5.18. The highest BCUT2D eigenvalue weighted by Crippen LogP contribution is 2.17. The minimum absolute atomic E-state index is 0.445. The second-order valence-electron chi connectivity index (χ2n) is 7.00. The molecular weight excluding hydrogens is 292 g/mol. The van der Waals surface area contributed by atoms with Crippen LogP contribution < -0.4 is 5.32 Å². The molecule has 2 aromatic rings. The average molecular weight is 322 g/mol. The molecule has 0 bridgehead atoms. The van der Waals surface area contributed by atoms with Gasteiger partial charge in [0, 0.05) is 12.1 Å². The SMILES string of the molecule is C[C@H](NC1CCN(CCCc2ccccc2)CC1)c1ccccc1. The largest absolute Gasteiger partial charge is 0.307 e. The molecule has 3 rings (SSSR count). The number of benzene rings is 2. The summed E-state index contributed by atoms with van der Waals surface area (Å²) in [6.07, 6.45) is 5.00. The molecule has 0 unspecified atom stereocenters. The maximum absolute atomic E-state index is 3.81. The van der Waals surface area contributed by atoms with Gasteiger partial charge in [-0.1, -0.05) is 60.7 Å². The van der Waals surface area contributed by atoms with E-state index < -0.39 is 0 Å². The minimum atomic E-state index is 0.445. The van der Waals surface area contributed by atoms with Crippen LogP contribution in [0.4, 0.5) is 0 Å². The van der Waals surface area contributed by atoms with Crippen LogP contribution in [0.5, 0.6) is 0 Å². The van der Waals surface area contributed by atoms with Gasteiger partial charge in [0.25, 0.3) is 0 Å². The van der Waals surface area contributed by atoms with Crippen LogP contribution in [0.15, 0.2) is 60.7 Å². The van der Waals surface area contributed by atoms with Gasteiger partial charge in [-0.15, -0.1) is 0 Å². The maximum Gasteiger partial charge on any atom is 0.0294 e. The number of rotatable bonds is 7. The molecule has 1 N–H and O–H groups in total. The molecule has 2 nitrogen and oxygen atoms in total. The number of hydrogen-bond acceptors (Lipinski definition) is 2. The third kappa shape index (κ3) is 5.19. The van der Waals surface area contributed by atoms with Gasteiger partial charge >= 0.3 is 0 Å². The van der Waals surface area contributed by atoms with Gasteiger partial charge in [0.1, 0.15) is 0 Å². The molecule has 1 fully saturated rings. The monoisotopic (exact) mass is 322 g/mol. The number of hydrogen-bond donors (Lipinski definition) is 1. The first kappa shape index (κ1) is 17.2. The van der Waals surface area contributed by atoms with Crippen molar-refractivity contribution in [1.82, 2.24) is 10.2 Å². The van der Waals surface area contributed by atoms with Gasteiger partial charge in [0.05, 0.1) is 0 Å². The van der Waals surface area contributed by atoms with E-state index in [2.05, 4.69) is 77.8 Å². The van der Waals surface area contributed by atoms with Crippen molar-refractivity contribution in [2.75, 3.05) is 19.6 Å². The van der Waals surface area contributed by atoms with Crippen molar-refractivity contribution in [2.45, 2.75) is 44.7 Å². The summed E-state index contributed by atoms with van der Waals surface area (Å²) in [6.45, 7) is 5.97. The van der Waals surface area contributed by atoms with Crippen LogP contribution in [0.1, 0.15) is 43.4 Å². The molecule has 1 saturated heterocycles. The number of nitrogens with zero attached hydrogens (tertiary/aromatic N) is 1. The molecule has 24 heavy (non-hydrogen) atoms. The lowest BCUT2D eigenvalue weighted by Crippen LogP contribution is -2.43. The van der Waals surface area contributed by atoms with Gasteiger partial charge in [-0.2, -0.15) is 0 Å². The van der Waals surface area contributed by atoms with Gasteiger partial charge in [0.2, 0.25) is 0 Å². The van der Waals surface area contributed by atoms with Crippen LogP contribution in [-0.2, 0) is 6.42 Å². The van der Waals surface area contributed by atoms with Gasteiger partial charge in [-0.3, -0.25) is 0 Å². The third-order valence-electron chi connectivity index (χ3n) is 5.16. The Labute approximate surface area is 146 Å². The summed E-state index contributed by atoms with van der Waals surface area (Å²) in [5.41, 5.74) is 2.86. The standard InChI is InChI=1S/C22H30N2/c1-19(21-12-6-3-7-13-21)23-22-14-17-24(18-15-22)16-8-11-20-9-4-2-5-10-20/h2-7,9-10,12-13,19,22-23H,8,11,14-18H2,1H3/t19-/m0/s1. The fraction of sp³-hybridized carbons (Fsp3) is 0.455. The van der Waals surface area contributed by atoms with Crippen LogP contribution in [0.25, 0.3) is 0 Å². The van der Waals surface area contributed by atoms with E-state index in [0.29, 0.717) is 12.1 Å². The summed E-state index contributed by atoms with van der Waals surface area (Å²) >= 11 is 0. The van der Waals surface area contributed by atoms with E-state index in [9.17, 15) is 0 Å². The van der Waals surface area contributed by atoms with Crippen molar-refractivity contribution < 1.29 is 0 Å². The van der Waals surface area contributed by atoms with E-state index in [1.54, 1.807) is 0 Å². The predicted molar refractivity (Wildman–Crippen MR) is 102 cm³/mol. The molecule has 0 radical (unpaired) electrons. The van der Waals surface area contributed by atoms with Crippen molar-refractivity contribution in [3.8, 4) is 0 Å². The Kier molecular flexibility index (Phi) is 6.45.